The molecule has 0 fully saturated rings. The molecule has 0 saturated heterocycles. The topological polar surface area (TPSA) is 69.6 Å². The average Bonchev–Trinajstić information content (AvgIpc) is 3.25. The number of rotatable bonds is 47. The fourth-order valence-corrected chi connectivity index (χ4v) is 7.78. The van der Waals surface area contributed by atoms with Gasteiger partial charge >= 0.3 is 0 Å². The van der Waals surface area contributed by atoms with Crippen molar-refractivity contribution >= 4 is 5.91 Å². The molecule has 0 saturated carbocycles. The molecule has 0 aliphatic rings. The number of carbonyl (C=O) groups is 1. The summed E-state index contributed by atoms with van der Waals surface area (Å²) in [5.41, 5.74) is 0. The molecule has 0 aliphatic heterocycles. The summed E-state index contributed by atoms with van der Waals surface area (Å²) in [6.07, 6.45) is 72.9. The smallest absolute Gasteiger partial charge is 0.220 e. The zero-order chi connectivity index (χ0) is 43.5. The number of carbonyl (C=O) groups excluding carboxylic acids is 1. The number of unbranched alkanes of at least 4 members (excludes halogenated alkanes) is 28. The van der Waals surface area contributed by atoms with E-state index in [0.717, 1.165) is 64.2 Å². The lowest BCUT2D eigenvalue weighted by atomic mass is 10.0. The second kappa shape index (κ2) is 51.2. The number of allylic oxidation sites excluding steroid dienone is 12. The summed E-state index contributed by atoms with van der Waals surface area (Å²) in [6, 6.07) is -0.543. The number of aliphatic hydroxyl groups excluding tert-OH is 2. The maximum atomic E-state index is 12.5. The Balaban J connectivity index is 3.53. The highest BCUT2D eigenvalue weighted by atomic mass is 16.3. The second-order valence-electron chi connectivity index (χ2n) is 17.6. The van der Waals surface area contributed by atoms with E-state index in [9.17, 15) is 15.0 Å². The Morgan fingerprint density at radius 3 is 1.10 bits per heavy atom. The molecule has 60 heavy (non-hydrogen) atoms. The van der Waals surface area contributed by atoms with E-state index in [0.29, 0.717) is 12.8 Å². The Bertz CT molecular complexity index is 1040. The minimum atomic E-state index is -0.665. The Hall–Kier alpha value is -2.17. The molecule has 0 aromatic rings. The van der Waals surface area contributed by atoms with Crippen LogP contribution in [0.15, 0.2) is 72.9 Å². The predicted octanol–water partition coefficient (Wildman–Crippen LogP) is 17.0. The summed E-state index contributed by atoms with van der Waals surface area (Å²) >= 11 is 0. The molecule has 348 valence electrons. The van der Waals surface area contributed by atoms with Gasteiger partial charge < -0.3 is 15.5 Å². The van der Waals surface area contributed by atoms with Crippen LogP contribution in [0.1, 0.15) is 258 Å². The average molecular weight is 836 g/mol. The van der Waals surface area contributed by atoms with Gasteiger partial charge in [0.25, 0.3) is 0 Å². The molecule has 0 rings (SSSR count). The monoisotopic (exact) mass is 836 g/mol. The number of hydrogen-bond acceptors (Lipinski definition) is 3. The van der Waals surface area contributed by atoms with Crippen molar-refractivity contribution < 1.29 is 15.0 Å². The van der Waals surface area contributed by atoms with Crippen molar-refractivity contribution in [2.45, 2.75) is 270 Å². The molecule has 0 aromatic heterocycles. The van der Waals surface area contributed by atoms with E-state index in [1.807, 2.05) is 0 Å². The van der Waals surface area contributed by atoms with Gasteiger partial charge in [0.1, 0.15) is 0 Å². The number of aliphatic hydroxyl groups is 2. The van der Waals surface area contributed by atoms with Crippen LogP contribution in [0.25, 0.3) is 0 Å². The van der Waals surface area contributed by atoms with Crippen molar-refractivity contribution in [1.29, 1.82) is 0 Å². The summed E-state index contributed by atoms with van der Waals surface area (Å²) < 4.78 is 0. The summed E-state index contributed by atoms with van der Waals surface area (Å²) in [4.78, 5) is 12.5. The normalized spacial score (nSPS) is 13.5. The van der Waals surface area contributed by atoms with Gasteiger partial charge in [-0.05, 0) is 64.2 Å². The molecule has 0 heterocycles. The van der Waals surface area contributed by atoms with Gasteiger partial charge in [-0.25, -0.2) is 0 Å². The predicted molar refractivity (Wildman–Crippen MR) is 267 cm³/mol. The summed E-state index contributed by atoms with van der Waals surface area (Å²) in [5, 5.41) is 23.3. The van der Waals surface area contributed by atoms with Crippen molar-refractivity contribution in [2.75, 3.05) is 6.61 Å². The van der Waals surface area contributed by atoms with Crippen LogP contribution < -0.4 is 5.32 Å². The van der Waals surface area contributed by atoms with E-state index < -0.39 is 12.1 Å². The van der Waals surface area contributed by atoms with Crippen LogP contribution in [0.3, 0.4) is 0 Å². The molecule has 0 radical (unpaired) electrons. The van der Waals surface area contributed by atoms with Crippen LogP contribution in [-0.2, 0) is 4.79 Å². The van der Waals surface area contributed by atoms with Gasteiger partial charge in [-0.1, -0.05) is 260 Å². The molecule has 0 aromatic carbocycles. The van der Waals surface area contributed by atoms with E-state index in [4.69, 9.17) is 0 Å². The summed E-state index contributed by atoms with van der Waals surface area (Å²) in [5.74, 6) is -0.0368. The zero-order valence-electron chi connectivity index (χ0n) is 40.0. The lowest BCUT2D eigenvalue weighted by Gasteiger charge is -2.22. The van der Waals surface area contributed by atoms with Crippen molar-refractivity contribution in [3.05, 3.63) is 72.9 Å². The van der Waals surface area contributed by atoms with Gasteiger partial charge in [-0.2, -0.15) is 0 Å². The first-order chi connectivity index (χ1) is 29.7. The third-order valence-electron chi connectivity index (χ3n) is 11.7. The minimum Gasteiger partial charge on any atom is -0.394 e. The van der Waals surface area contributed by atoms with Gasteiger partial charge in [0.15, 0.2) is 0 Å². The summed E-state index contributed by atoms with van der Waals surface area (Å²) in [7, 11) is 0. The van der Waals surface area contributed by atoms with E-state index in [1.165, 1.54) is 167 Å². The van der Waals surface area contributed by atoms with Crippen molar-refractivity contribution in [3.8, 4) is 0 Å². The van der Waals surface area contributed by atoms with Crippen LogP contribution in [0.2, 0.25) is 0 Å². The Morgan fingerprint density at radius 1 is 0.417 bits per heavy atom. The standard InChI is InChI=1S/C56H101NO3/c1-3-5-7-9-11-13-15-17-19-21-23-24-25-26-27-28-29-30-31-32-34-36-38-40-42-44-46-48-50-52-56(60)57-54(53-58)55(59)51-49-47-45-43-41-39-37-35-33-22-20-18-16-14-12-10-8-6-4-2/h5,7,11,13,17,19,23-24,26-27,29-30,54-55,58-59H,3-4,6,8-10,12,14-16,18,20-22,25,28,31-53H2,1-2H3,(H,57,60)/b7-5-,13-11-,19-17-,24-23-,27-26-,30-29-. The van der Waals surface area contributed by atoms with Crippen LogP contribution >= 0.6 is 0 Å². The largest absolute Gasteiger partial charge is 0.394 e. The van der Waals surface area contributed by atoms with Crippen LogP contribution in [-0.4, -0.2) is 34.9 Å². The van der Waals surface area contributed by atoms with Gasteiger partial charge in [-0.3, -0.25) is 4.79 Å². The molecule has 1 amide bonds. The Kier molecular flexibility index (Phi) is 49.3. The SMILES string of the molecule is CC/C=C\C/C=C\C/C=C\C/C=C\C/C=C\C/C=C\CCCCCCCCCCCCC(=O)NC(CO)C(O)CCCCCCCCCCCCCCCCCCCCC. The van der Waals surface area contributed by atoms with E-state index in [2.05, 4.69) is 92.1 Å². The van der Waals surface area contributed by atoms with E-state index in [-0.39, 0.29) is 12.5 Å². The van der Waals surface area contributed by atoms with Crippen molar-refractivity contribution in [2.24, 2.45) is 0 Å². The molecule has 2 atom stereocenters. The Morgan fingerprint density at radius 2 is 0.733 bits per heavy atom. The lowest BCUT2D eigenvalue weighted by molar-refractivity contribution is -0.123. The molecule has 0 spiro atoms. The molecule has 3 N–H and O–H groups in total. The highest BCUT2D eigenvalue weighted by Crippen LogP contribution is 2.16. The number of hydrogen-bond donors (Lipinski definition) is 3. The fourth-order valence-electron chi connectivity index (χ4n) is 7.78. The maximum absolute atomic E-state index is 12.5. The first-order valence-electron chi connectivity index (χ1n) is 26.1. The first-order valence-corrected chi connectivity index (χ1v) is 26.1. The third kappa shape index (κ3) is 46.9. The molecule has 0 aliphatic carbocycles. The zero-order valence-corrected chi connectivity index (χ0v) is 40.0. The van der Waals surface area contributed by atoms with Crippen LogP contribution in [0.4, 0.5) is 0 Å². The second-order valence-corrected chi connectivity index (χ2v) is 17.6. The van der Waals surface area contributed by atoms with Gasteiger partial charge in [0.2, 0.25) is 5.91 Å². The third-order valence-corrected chi connectivity index (χ3v) is 11.7. The fraction of sp³-hybridized carbons (Fsp3) is 0.768. The van der Waals surface area contributed by atoms with Gasteiger partial charge in [0, 0.05) is 6.42 Å². The van der Waals surface area contributed by atoms with Gasteiger partial charge in [0.05, 0.1) is 18.8 Å². The van der Waals surface area contributed by atoms with Gasteiger partial charge in [-0.15, -0.1) is 0 Å². The molecule has 0 bridgehead atoms. The summed E-state index contributed by atoms with van der Waals surface area (Å²) in [6.45, 7) is 4.26. The maximum Gasteiger partial charge on any atom is 0.220 e. The quantitative estimate of drug-likeness (QED) is 0.0422. The highest BCUT2D eigenvalue weighted by molar-refractivity contribution is 5.76. The van der Waals surface area contributed by atoms with Crippen molar-refractivity contribution in [3.63, 3.8) is 0 Å². The Labute approximate surface area is 374 Å². The molecule has 2 unspecified atom stereocenters. The molecule has 4 nitrogen and oxygen atoms in total. The lowest BCUT2D eigenvalue weighted by Crippen LogP contribution is -2.45. The minimum absolute atomic E-state index is 0.0368. The van der Waals surface area contributed by atoms with E-state index >= 15 is 0 Å². The highest BCUT2D eigenvalue weighted by Gasteiger charge is 2.20. The van der Waals surface area contributed by atoms with Crippen molar-refractivity contribution in [1.82, 2.24) is 5.32 Å². The molecular weight excluding hydrogens is 735 g/mol. The molecular formula is C56H101NO3. The van der Waals surface area contributed by atoms with E-state index in [1.54, 1.807) is 0 Å². The number of amides is 1. The van der Waals surface area contributed by atoms with Crippen LogP contribution in [0, 0.1) is 0 Å². The molecule has 4 heteroatoms. The first kappa shape index (κ1) is 57.8. The van der Waals surface area contributed by atoms with Crippen LogP contribution in [0.5, 0.6) is 0 Å². The number of nitrogens with one attached hydrogen (secondary N) is 1.